The zero-order valence-electron chi connectivity index (χ0n) is 12.3. The minimum Gasteiger partial charge on any atom is -0.358 e. The molecule has 0 saturated heterocycles. The van der Waals surface area contributed by atoms with Gasteiger partial charge in [-0.2, -0.15) is 0 Å². The van der Waals surface area contributed by atoms with Gasteiger partial charge in [0, 0.05) is 21.7 Å². The van der Waals surface area contributed by atoms with Crippen molar-refractivity contribution in [2.45, 2.75) is 6.54 Å². The number of thiocarbonyl (C=S) groups is 1. The SMILES string of the molecule is O=C(NC(=S)NCc1ccccc1Cl)c1sc2ccccc2c1Cl. The smallest absolute Gasteiger partial charge is 0.269 e. The van der Waals surface area contributed by atoms with Gasteiger partial charge < -0.3 is 5.32 Å². The molecule has 24 heavy (non-hydrogen) atoms. The molecular formula is C17H12Cl2N2OS2. The summed E-state index contributed by atoms with van der Waals surface area (Å²) in [5, 5.41) is 7.81. The van der Waals surface area contributed by atoms with Crippen molar-refractivity contribution in [2.24, 2.45) is 0 Å². The standard InChI is InChI=1S/C17H12Cl2N2OS2/c18-12-7-3-1-5-10(12)9-20-17(23)21-16(22)15-14(19)11-6-2-4-8-13(11)24-15/h1-8H,9H2,(H2,20,21,22,23). The minimum absolute atomic E-state index is 0.230. The summed E-state index contributed by atoms with van der Waals surface area (Å²) in [4.78, 5) is 12.8. The molecule has 122 valence electrons. The second-order valence-corrected chi connectivity index (χ2v) is 7.22. The van der Waals surface area contributed by atoms with Crippen LogP contribution in [-0.2, 0) is 6.54 Å². The van der Waals surface area contributed by atoms with Gasteiger partial charge in [-0.25, -0.2) is 0 Å². The first-order valence-electron chi connectivity index (χ1n) is 7.06. The zero-order valence-corrected chi connectivity index (χ0v) is 15.5. The van der Waals surface area contributed by atoms with Gasteiger partial charge in [0.15, 0.2) is 5.11 Å². The summed E-state index contributed by atoms with van der Waals surface area (Å²) in [6.45, 7) is 0.429. The van der Waals surface area contributed by atoms with Crippen LogP contribution in [0.5, 0.6) is 0 Å². The zero-order chi connectivity index (χ0) is 17.1. The minimum atomic E-state index is -0.321. The van der Waals surface area contributed by atoms with Crippen LogP contribution in [0.3, 0.4) is 0 Å². The molecule has 0 bridgehead atoms. The van der Waals surface area contributed by atoms with E-state index in [2.05, 4.69) is 10.6 Å². The van der Waals surface area contributed by atoms with Crippen molar-refractivity contribution >= 4 is 67.9 Å². The summed E-state index contributed by atoms with van der Waals surface area (Å²) in [6, 6.07) is 15.1. The highest BCUT2D eigenvalue weighted by Crippen LogP contribution is 2.34. The van der Waals surface area contributed by atoms with Crippen molar-refractivity contribution in [3.8, 4) is 0 Å². The number of halogens is 2. The highest BCUT2D eigenvalue weighted by Gasteiger charge is 2.17. The maximum Gasteiger partial charge on any atom is 0.269 e. The van der Waals surface area contributed by atoms with Crippen LogP contribution in [0.2, 0.25) is 10.0 Å². The van der Waals surface area contributed by atoms with E-state index in [0.29, 0.717) is 21.5 Å². The Bertz CT molecular complexity index is 924. The quantitative estimate of drug-likeness (QED) is 0.613. The molecule has 1 heterocycles. The molecule has 7 heteroatoms. The van der Waals surface area contributed by atoms with Crippen molar-refractivity contribution in [3.05, 3.63) is 69.0 Å². The number of nitrogens with one attached hydrogen (secondary N) is 2. The van der Waals surface area contributed by atoms with E-state index in [9.17, 15) is 4.79 Å². The molecule has 0 aliphatic rings. The van der Waals surface area contributed by atoms with Gasteiger partial charge in [0.25, 0.3) is 5.91 Å². The first-order valence-corrected chi connectivity index (χ1v) is 9.04. The Morgan fingerprint density at radius 1 is 1.08 bits per heavy atom. The van der Waals surface area contributed by atoms with Gasteiger partial charge in [-0.1, -0.05) is 59.6 Å². The van der Waals surface area contributed by atoms with E-state index >= 15 is 0 Å². The molecule has 0 aliphatic heterocycles. The molecule has 3 nitrogen and oxygen atoms in total. The lowest BCUT2D eigenvalue weighted by atomic mass is 10.2. The van der Waals surface area contributed by atoms with E-state index < -0.39 is 0 Å². The average molecular weight is 395 g/mol. The number of fused-ring (bicyclic) bond motifs is 1. The third-order valence-electron chi connectivity index (χ3n) is 3.37. The average Bonchev–Trinajstić information content (AvgIpc) is 2.92. The Morgan fingerprint density at radius 3 is 2.54 bits per heavy atom. The van der Waals surface area contributed by atoms with Crippen LogP contribution in [-0.4, -0.2) is 11.0 Å². The van der Waals surface area contributed by atoms with E-state index in [-0.39, 0.29) is 11.0 Å². The number of benzene rings is 2. The van der Waals surface area contributed by atoms with Gasteiger partial charge >= 0.3 is 0 Å². The Morgan fingerprint density at radius 2 is 1.79 bits per heavy atom. The van der Waals surface area contributed by atoms with E-state index in [1.165, 1.54) is 11.3 Å². The van der Waals surface area contributed by atoms with E-state index in [1.54, 1.807) is 6.07 Å². The molecule has 1 amide bonds. The second kappa shape index (κ2) is 7.49. The summed E-state index contributed by atoms with van der Waals surface area (Å²) in [6.07, 6.45) is 0. The van der Waals surface area contributed by atoms with Crippen LogP contribution in [0.1, 0.15) is 15.2 Å². The van der Waals surface area contributed by atoms with E-state index in [0.717, 1.165) is 15.6 Å². The van der Waals surface area contributed by atoms with Gasteiger partial charge in [-0.15, -0.1) is 11.3 Å². The van der Waals surface area contributed by atoms with Gasteiger partial charge in [0.1, 0.15) is 4.88 Å². The fourth-order valence-electron chi connectivity index (χ4n) is 2.18. The number of amides is 1. The Kier molecular flexibility index (Phi) is 5.36. The molecule has 0 saturated carbocycles. The number of carbonyl (C=O) groups excluding carboxylic acids is 1. The summed E-state index contributed by atoms with van der Waals surface area (Å²) >= 11 is 18.9. The van der Waals surface area contributed by atoms with Crippen molar-refractivity contribution in [1.29, 1.82) is 0 Å². The van der Waals surface area contributed by atoms with E-state index in [4.69, 9.17) is 35.4 Å². The van der Waals surface area contributed by atoms with Crippen LogP contribution < -0.4 is 10.6 Å². The summed E-state index contributed by atoms with van der Waals surface area (Å²) in [5.41, 5.74) is 0.899. The molecule has 2 aromatic carbocycles. The maximum absolute atomic E-state index is 12.4. The lowest BCUT2D eigenvalue weighted by molar-refractivity contribution is 0.0981. The van der Waals surface area contributed by atoms with Gasteiger partial charge in [0.05, 0.1) is 5.02 Å². The van der Waals surface area contributed by atoms with Crippen LogP contribution >= 0.6 is 46.8 Å². The van der Waals surface area contributed by atoms with Crippen LogP contribution in [0.4, 0.5) is 0 Å². The van der Waals surface area contributed by atoms with Gasteiger partial charge in [0.2, 0.25) is 0 Å². The van der Waals surface area contributed by atoms with Gasteiger partial charge in [-0.3, -0.25) is 10.1 Å². The molecule has 0 unspecified atom stereocenters. The normalized spacial score (nSPS) is 10.6. The van der Waals surface area contributed by atoms with Crippen molar-refractivity contribution in [2.75, 3.05) is 0 Å². The molecule has 2 N–H and O–H groups in total. The third kappa shape index (κ3) is 3.70. The second-order valence-electron chi connectivity index (χ2n) is 4.97. The molecule has 0 fully saturated rings. The third-order valence-corrected chi connectivity index (χ3v) is 5.65. The van der Waals surface area contributed by atoms with Crippen molar-refractivity contribution in [1.82, 2.24) is 10.6 Å². The highest BCUT2D eigenvalue weighted by molar-refractivity contribution is 7.80. The van der Waals surface area contributed by atoms with Crippen molar-refractivity contribution in [3.63, 3.8) is 0 Å². The monoisotopic (exact) mass is 394 g/mol. The van der Waals surface area contributed by atoms with E-state index in [1.807, 2.05) is 42.5 Å². The van der Waals surface area contributed by atoms with Crippen LogP contribution in [0.15, 0.2) is 48.5 Å². The number of rotatable bonds is 3. The van der Waals surface area contributed by atoms with Crippen LogP contribution in [0.25, 0.3) is 10.1 Å². The molecule has 0 spiro atoms. The Hall–Kier alpha value is -1.66. The van der Waals surface area contributed by atoms with Gasteiger partial charge in [-0.05, 0) is 29.9 Å². The largest absolute Gasteiger partial charge is 0.358 e. The molecular weight excluding hydrogens is 383 g/mol. The number of carbonyl (C=O) groups is 1. The maximum atomic E-state index is 12.4. The fourth-order valence-corrected chi connectivity index (χ4v) is 3.96. The first kappa shape index (κ1) is 17.2. The predicted octanol–water partition coefficient (Wildman–Crippen LogP) is 5.01. The van der Waals surface area contributed by atoms with Crippen molar-refractivity contribution < 1.29 is 4.79 Å². The lowest BCUT2D eigenvalue weighted by Crippen LogP contribution is -2.38. The highest BCUT2D eigenvalue weighted by atomic mass is 35.5. The molecule has 3 aromatic rings. The molecule has 0 atom stereocenters. The van der Waals surface area contributed by atoms with Crippen LogP contribution in [0, 0.1) is 0 Å². The number of hydrogen-bond donors (Lipinski definition) is 2. The Balaban J connectivity index is 1.66. The predicted molar refractivity (Wildman–Crippen MR) is 105 cm³/mol. The summed E-state index contributed by atoms with van der Waals surface area (Å²) in [7, 11) is 0. The number of thiophene rings is 1. The molecule has 0 radical (unpaired) electrons. The summed E-state index contributed by atoms with van der Waals surface area (Å²) in [5.74, 6) is -0.321. The topological polar surface area (TPSA) is 41.1 Å². The summed E-state index contributed by atoms with van der Waals surface area (Å²) < 4.78 is 0.961. The fraction of sp³-hybridized carbons (Fsp3) is 0.0588. The first-order chi connectivity index (χ1) is 11.6. The lowest BCUT2D eigenvalue weighted by Gasteiger charge is -2.10. The Labute approximate surface area is 158 Å². The number of hydrogen-bond acceptors (Lipinski definition) is 3. The molecule has 0 aliphatic carbocycles. The molecule has 1 aromatic heterocycles. The molecule has 3 rings (SSSR count).